The Balaban J connectivity index is 2.48. The first kappa shape index (κ1) is 18.7. The number of aliphatic imine (C=N–C) groups is 1. The maximum atomic E-state index is 11.6. The number of hydrogen-bond donors (Lipinski definition) is 2. The number of nitrogens with one attached hydrogen (secondary N) is 2. The van der Waals surface area contributed by atoms with E-state index in [1.54, 1.807) is 14.1 Å². The summed E-state index contributed by atoms with van der Waals surface area (Å²) >= 11 is 0. The van der Waals surface area contributed by atoms with Gasteiger partial charge in [-0.15, -0.1) is 6.58 Å². The first-order valence-electron chi connectivity index (χ1n) is 7.96. The molecule has 5 nitrogen and oxygen atoms in total. The maximum absolute atomic E-state index is 11.6. The second-order valence-corrected chi connectivity index (χ2v) is 5.36. The molecule has 5 heteroatoms. The van der Waals surface area contributed by atoms with Crippen molar-refractivity contribution in [3.63, 3.8) is 0 Å². The topological polar surface area (TPSA) is 56.7 Å². The molecule has 0 atom stereocenters. The fraction of sp³-hybridized carbons (Fsp3) is 0.444. The van der Waals surface area contributed by atoms with E-state index in [1.165, 1.54) is 0 Å². The average Bonchev–Trinajstić information content (AvgIpc) is 2.58. The number of benzene rings is 1. The Hall–Kier alpha value is -2.30. The van der Waals surface area contributed by atoms with Gasteiger partial charge in [-0.3, -0.25) is 9.79 Å². The predicted octanol–water partition coefficient (Wildman–Crippen LogP) is 2.06. The van der Waals surface area contributed by atoms with Crippen molar-refractivity contribution < 1.29 is 4.79 Å². The molecule has 0 aromatic heterocycles. The Morgan fingerprint density at radius 3 is 2.87 bits per heavy atom. The summed E-state index contributed by atoms with van der Waals surface area (Å²) < 4.78 is 0. The van der Waals surface area contributed by atoms with E-state index in [0.717, 1.165) is 43.9 Å². The Labute approximate surface area is 139 Å². The van der Waals surface area contributed by atoms with Crippen LogP contribution in [0, 0.1) is 0 Å². The number of carbonyl (C=O) groups is 1. The number of carbonyl (C=O) groups excluding carboxylic acids is 1. The summed E-state index contributed by atoms with van der Waals surface area (Å²) in [4.78, 5) is 18.1. The van der Waals surface area contributed by atoms with Crippen molar-refractivity contribution in [2.45, 2.75) is 19.3 Å². The highest BCUT2D eigenvalue weighted by Gasteiger charge is 2.06. The number of nitrogens with zero attached hydrogens (tertiary/aromatic N) is 2. The first-order valence-corrected chi connectivity index (χ1v) is 7.96. The van der Waals surface area contributed by atoms with E-state index < -0.39 is 0 Å². The molecular formula is C18H28N4O. The van der Waals surface area contributed by atoms with E-state index in [0.29, 0.717) is 5.56 Å². The zero-order chi connectivity index (χ0) is 17.1. The lowest BCUT2D eigenvalue weighted by Crippen LogP contribution is -2.40. The van der Waals surface area contributed by atoms with Gasteiger partial charge in [-0.2, -0.15) is 0 Å². The fourth-order valence-electron chi connectivity index (χ4n) is 2.29. The molecule has 0 saturated carbocycles. The van der Waals surface area contributed by atoms with E-state index in [9.17, 15) is 4.79 Å². The summed E-state index contributed by atoms with van der Waals surface area (Å²) in [5.74, 6) is 0.828. The van der Waals surface area contributed by atoms with Gasteiger partial charge in [-0.1, -0.05) is 18.2 Å². The number of amides is 1. The molecule has 0 heterocycles. The molecular weight excluding hydrogens is 288 g/mol. The molecule has 23 heavy (non-hydrogen) atoms. The Kier molecular flexibility index (Phi) is 8.50. The minimum Gasteiger partial charge on any atom is -0.356 e. The molecule has 0 fully saturated rings. The van der Waals surface area contributed by atoms with E-state index in [-0.39, 0.29) is 5.91 Å². The molecule has 0 aliphatic heterocycles. The van der Waals surface area contributed by atoms with Gasteiger partial charge in [0.2, 0.25) is 0 Å². The third kappa shape index (κ3) is 6.55. The highest BCUT2D eigenvalue weighted by Crippen LogP contribution is 2.06. The lowest BCUT2D eigenvalue weighted by molar-refractivity contribution is 0.0963. The normalized spacial score (nSPS) is 11.0. The van der Waals surface area contributed by atoms with Crippen LogP contribution in [0.5, 0.6) is 0 Å². The number of guanidine groups is 1. The summed E-state index contributed by atoms with van der Waals surface area (Å²) in [6.07, 6.45) is 4.84. The van der Waals surface area contributed by atoms with Crippen LogP contribution in [0.3, 0.4) is 0 Å². The van der Waals surface area contributed by atoms with Gasteiger partial charge in [0.1, 0.15) is 0 Å². The van der Waals surface area contributed by atoms with Gasteiger partial charge in [0.15, 0.2) is 5.96 Å². The minimum absolute atomic E-state index is 0.0578. The average molecular weight is 316 g/mol. The van der Waals surface area contributed by atoms with Gasteiger partial charge in [0.05, 0.1) is 0 Å². The van der Waals surface area contributed by atoms with Crippen LogP contribution < -0.4 is 10.6 Å². The quantitative estimate of drug-likeness (QED) is 0.334. The van der Waals surface area contributed by atoms with Crippen molar-refractivity contribution in [3.8, 4) is 0 Å². The zero-order valence-corrected chi connectivity index (χ0v) is 14.4. The third-order valence-corrected chi connectivity index (χ3v) is 3.59. The molecule has 1 aromatic carbocycles. The number of rotatable bonds is 8. The summed E-state index contributed by atoms with van der Waals surface area (Å²) in [7, 11) is 5.46. The Morgan fingerprint density at radius 1 is 1.43 bits per heavy atom. The molecule has 1 rings (SSSR count). The van der Waals surface area contributed by atoms with Crippen LogP contribution in [0.15, 0.2) is 41.9 Å². The maximum Gasteiger partial charge on any atom is 0.251 e. The van der Waals surface area contributed by atoms with Gasteiger partial charge < -0.3 is 15.5 Å². The third-order valence-electron chi connectivity index (χ3n) is 3.59. The molecule has 0 aliphatic rings. The summed E-state index contributed by atoms with van der Waals surface area (Å²) in [5.41, 5.74) is 1.82. The van der Waals surface area contributed by atoms with E-state index in [4.69, 9.17) is 0 Å². The highest BCUT2D eigenvalue weighted by molar-refractivity contribution is 5.94. The van der Waals surface area contributed by atoms with Crippen molar-refractivity contribution in [2.75, 3.05) is 34.2 Å². The number of hydrogen-bond acceptors (Lipinski definition) is 2. The summed E-state index contributed by atoms with van der Waals surface area (Å²) in [6, 6.07) is 7.69. The predicted molar refractivity (Wildman–Crippen MR) is 97.0 cm³/mol. The molecule has 0 aliphatic carbocycles. The largest absolute Gasteiger partial charge is 0.356 e. The van der Waals surface area contributed by atoms with E-state index in [2.05, 4.69) is 27.1 Å². The van der Waals surface area contributed by atoms with Crippen molar-refractivity contribution >= 4 is 11.9 Å². The van der Waals surface area contributed by atoms with Crippen LogP contribution in [0.4, 0.5) is 0 Å². The fourth-order valence-corrected chi connectivity index (χ4v) is 2.29. The van der Waals surface area contributed by atoms with Gasteiger partial charge in [0.25, 0.3) is 5.91 Å². The van der Waals surface area contributed by atoms with Gasteiger partial charge in [0, 0.05) is 39.8 Å². The van der Waals surface area contributed by atoms with Crippen molar-refractivity contribution in [1.82, 2.24) is 15.5 Å². The second-order valence-electron chi connectivity index (χ2n) is 5.36. The van der Waals surface area contributed by atoms with Crippen LogP contribution >= 0.6 is 0 Å². The molecule has 1 amide bonds. The van der Waals surface area contributed by atoms with Gasteiger partial charge in [-0.25, -0.2) is 0 Å². The molecule has 126 valence electrons. The molecule has 1 aromatic rings. The number of unbranched alkanes of at least 4 members (excludes halogenated alkanes) is 1. The smallest absolute Gasteiger partial charge is 0.251 e. The monoisotopic (exact) mass is 316 g/mol. The zero-order valence-electron chi connectivity index (χ0n) is 14.4. The number of allylic oxidation sites excluding steroid dienone is 1. The van der Waals surface area contributed by atoms with Gasteiger partial charge in [-0.05, 0) is 37.0 Å². The van der Waals surface area contributed by atoms with Crippen LogP contribution in [-0.2, 0) is 6.42 Å². The lowest BCUT2D eigenvalue weighted by Gasteiger charge is -2.21. The van der Waals surface area contributed by atoms with Crippen LogP contribution in [0.1, 0.15) is 28.8 Å². The highest BCUT2D eigenvalue weighted by atomic mass is 16.1. The molecule has 0 radical (unpaired) electrons. The summed E-state index contributed by atoms with van der Waals surface area (Å²) in [6.45, 7) is 5.45. The minimum atomic E-state index is -0.0578. The second kappa shape index (κ2) is 10.4. The van der Waals surface area contributed by atoms with E-state index >= 15 is 0 Å². The van der Waals surface area contributed by atoms with Crippen LogP contribution in [0.2, 0.25) is 0 Å². The Morgan fingerprint density at radius 2 is 2.22 bits per heavy atom. The standard InChI is InChI=1S/C18H28N4O/c1-5-6-7-13-22(4)18(20-3)21-12-11-15-9-8-10-16(14-15)17(23)19-2/h5,8-10,14H,1,6-7,11-13H2,2-4H3,(H,19,23)(H,20,21). The van der Waals surface area contributed by atoms with E-state index in [1.807, 2.05) is 37.4 Å². The van der Waals surface area contributed by atoms with Gasteiger partial charge >= 0.3 is 0 Å². The van der Waals surface area contributed by atoms with Crippen molar-refractivity contribution in [2.24, 2.45) is 4.99 Å². The lowest BCUT2D eigenvalue weighted by atomic mass is 10.1. The van der Waals surface area contributed by atoms with Crippen molar-refractivity contribution in [1.29, 1.82) is 0 Å². The van der Waals surface area contributed by atoms with Crippen LogP contribution in [-0.4, -0.2) is 51.0 Å². The van der Waals surface area contributed by atoms with Crippen LogP contribution in [0.25, 0.3) is 0 Å². The molecule has 0 saturated heterocycles. The molecule has 2 N–H and O–H groups in total. The van der Waals surface area contributed by atoms with Crippen molar-refractivity contribution in [3.05, 3.63) is 48.0 Å². The Bertz CT molecular complexity index is 540. The molecule has 0 bridgehead atoms. The molecule has 0 spiro atoms. The SMILES string of the molecule is C=CCCCN(C)C(=NC)NCCc1cccc(C(=O)NC)c1. The summed E-state index contributed by atoms with van der Waals surface area (Å²) in [5, 5.41) is 6.00. The molecule has 0 unspecified atom stereocenters. The first-order chi connectivity index (χ1) is 11.1.